The van der Waals surface area contributed by atoms with Crippen LogP contribution in [0.5, 0.6) is 11.5 Å². The third kappa shape index (κ3) is 5.98. The predicted molar refractivity (Wildman–Crippen MR) is 191 cm³/mol. The lowest BCUT2D eigenvalue weighted by Crippen LogP contribution is -2.99. The van der Waals surface area contributed by atoms with Gasteiger partial charge in [-0.1, -0.05) is 48.5 Å². The Morgan fingerprint density at radius 3 is 1.96 bits per heavy atom. The molecule has 5 heterocycles. The molecule has 4 N–H and O–H groups in total. The molecule has 16 heteroatoms. The zero-order valence-corrected chi connectivity index (χ0v) is 28.8. The third-order valence-corrected chi connectivity index (χ3v) is 9.82. The summed E-state index contributed by atoms with van der Waals surface area (Å²) in [5, 5.41) is 40.7. The van der Waals surface area contributed by atoms with Gasteiger partial charge in [0.15, 0.2) is 34.4 Å². The van der Waals surface area contributed by atoms with Crippen molar-refractivity contribution in [3.05, 3.63) is 154 Å². The van der Waals surface area contributed by atoms with Gasteiger partial charge in [0.2, 0.25) is 0 Å². The minimum Gasteiger partial charge on any atom is -0.595 e. The van der Waals surface area contributed by atoms with E-state index in [1.165, 1.54) is 64.1 Å². The maximum atomic E-state index is 14.7. The molecule has 2 aliphatic heterocycles. The highest BCUT2D eigenvalue weighted by Crippen LogP contribution is 2.47. The van der Waals surface area contributed by atoms with E-state index in [9.17, 15) is 39.2 Å². The van der Waals surface area contributed by atoms with Gasteiger partial charge < -0.3 is 33.6 Å². The second-order valence-electron chi connectivity index (χ2n) is 13.1. The number of amides is 1. The van der Waals surface area contributed by atoms with Crippen LogP contribution < -0.4 is 19.9 Å². The largest absolute Gasteiger partial charge is 0.595 e. The number of carbonyl (C=O) groups excluding carboxylic acids is 2. The molecule has 56 heavy (non-hydrogen) atoms. The van der Waals surface area contributed by atoms with Crippen molar-refractivity contribution in [1.29, 1.82) is 0 Å². The van der Waals surface area contributed by atoms with Gasteiger partial charge in [-0.15, -0.1) is 8.78 Å². The molecule has 2 aliphatic rings. The second kappa shape index (κ2) is 13.3. The molecular weight excluding hydrogens is 734 g/mol. The average Bonchev–Trinajstić information content (AvgIpc) is 4.01. The lowest BCUT2D eigenvalue weighted by molar-refractivity contribution is -0.991. The van der Waals surface area contributed by atoms with E-state index in [2.05, 4.69) is 4.74 Å². The van der Waals surface area contributed by atoms with Crippen molar-refractivity contribution in [2.75, 3.05) is 6.54 Å². The summed E-state index contributed by atoms with van der Waals surface area (Å²) in [5.74, 6) is -1.36. The summed E-state index contributed by atoms with van der Waals surface area (Å²) in [6.45, 7) is 0.124. The van der Waals surface area contributed by atoms with E-state index in [0.29, 0.717) is 34.3 Å². The minimum absolute atomic E-state index is 0.0266. The van der Waals surface area contributed by atoms with E-state index < -0.39 is 34.6 Å². The number of nitrogens with one attached hydrogen (secondary N) is 2. The number of carbonyl (C=O) groups is 2. The van der Waals surface area contributed by atoms with E-state index >= 15 is 0 Å². The third-order valence-electron chi connectivity index (χ3n) is 9.82. The molecule has 0 bridgehead atoms. The van der Waals surface area contributed by atoms with Crippen LogP contribution in [0.4, 0.5) is 20.2 Å². The van der Waals surface area contributed by atoms with Crippen molar-refractivity contribution in [2.24, 2.45) is 0 Å². The van der Waals surface area contributed by atoms with Crippen molar-refractivity contribution >= 4 is 34.1 Å². The Kier molecular flexibility index (Phi) is 8.31. The van der Waals surface area contributed by atoms with E-state index in [0.717, 1.165) is 10.9 Å². The predicted octanol–water partition coefficient (Wildman–Crippen LogP) is 5.77. The van der Waals surface area contributed by atoms with Gasteiger partial charge in [-0.3, -0.25) is 14.2 Å². The number of rotatable bonds is 7. The molecule has 3 aromatic heterocycles. The quantitative estimate of drug-likeness (QED) is 0.146. The highest BCUT2D eigenvalue weighted by molar-refractivity contribution is 6.04. The summed E-state index contributed by atoms with van der Waals surface area (Å²) >= 11 is 0. The molecule has 7 aromatic rings. The van der Waals surface area contributed by atoms with Crippen LogP contribution in [-0.4, -0.2) is 44.5 Å². The summed E-state index contributed by atoms with van der Waals surface area (Å²) in [5.41, 5.74) is 2.84. The van der Waals surface area contributed by atoms with Gasteiger partial charge in [0.25, 0.3) is 11.8 Å². The summed E-state index contributed by atoms with van der Waals surface area (Å²) < 4.78 is 51.4. The van der Waals surface area contributed by atoms with Gasteiger partial charge >= 0.3 is 6.29 Å². The molecule has 0 saturated carbocycles. The van der Waals surface area contributed by atoms with Crippen LogP contribution in [0.1, 0.15) is 44.0 Å². The van der Waals surface area contributed by atoms with Crippen molar-refractivity contribution in [1.82, 2.24) is 9.47 Å². The number of hydrogen-bond acceptors (Lipinski definition) is 10. The molecule has 4 aromatic carbocycles. The number of hydrogen-bond donors (Lipinski definition) is 4. The van der Waals surface area contributed by atoms with Gasteiger partial charge in [0, 0.05) is 47.3 Å². The van der Waals surface area contributed by atoms with Gasteiger partial charge in [0.1, 0.15) is 11.5 Å². The van der Waals surface area contributed by atoms with Gasteiger partial charge in [-0.25, -0.2) is 10.4 Å². The first-order valence-electron chi connectivity index (χ1n) is 17.2. The molecule has 14 nitrogen and oxygen atoms in total. The van der Waals surface area contributed by atoms with Crippen LogP contribution >= 0.6 is 0 Å². The first-order valence-corrected chi connectivity index (χ1v) is 17.2. The highest BCUT2D eigenvalue weighted by Gasteiger charge is 2.45. The fourth-order valence-electron chi connectivity index (χ4n) is 7.38. The summed E-state index contributed by atoms with van der Waals surface area (Å²) in [4.78, 5) is 30.7. The molecule has 1 amide bonds. The van der Waals surface area contributed by atoms with Gasteiger partial charge in [0.05, 0.1) is 17.3 Å². The molecule has 0 spiro atoms. The number of para-hydroxylation sites is 1. The van der Waals surface area contributed by atoms with E-state index in [-0.39, 0.29) is 52.5 Å². The number of aromatic nitrogens is 1. The Hall–Kier alpha value is -6.66. The fourth-order valence-corrected chi connectivity index (χ4v) is 7.38. The number of furan rings is 2. The zero-order chi connectivity index (χ0) is 38.9. The lowest BCUT2D eigenvalue weighted by atomic mass is 9.91. The summed E-state index contributed by atoms with van der Waals surface area (Å²) in [6, 6.07) is 28.4. The molecule has 3 atom stereocenters. The molecule has 282 valence electrons. The van der Waals surface area contributed by atoms with E-state index in [1.807, 2.05) is 12.1 Å². The number of fused-ring (bicyclic) bond motifs is 4. The van der Waals surface area contributed by atoms with Crippen LogP contribution in [-0.2, 0) is 6.42 Å². The SMILES string of the molecule is O=C(c1ccc(-c2cccc([NH+]([O-])O)c2)o1)N1CCc2c(n(C(=O)c3ccc(-c4cccc([NH+]([O-])O)c4)o3)c3ccccc23)C1c1ccc2c(c1)OC(F)(F)O2. The molecule has 0 radical (unpaired) electrons. The number of ether oxygens (including phenoxy) is 2. The standard InChI is InChI=1S/C40H28F2N4O10/c41-40(42)55-32-12-11-24(21-35(32)56-40)36-37-28(17-18-43(36)38(47)33-15-13-30(53-33)22-5-3-7-25(19-22)45(49)50)27-9-1-2-10-29(27)44(37)39(48)34-16-14-31(54-34)23-6-4-8-26(20-23)46(51)52/h1-16,19-21,36,45-46,49,51H,17-18H2. The molecular formula is C40H28F2N4O10. The lowest BCUT2D eigenvalue weighted by Gasteiger charge is -2.36. The van der Waals surface area contributed by atoms with Crippen molar-refractivity contribution < 1.29 is 57.5 Å². The van der Waals surface area contributed by atoms with Gasteiger partial charge in [-0.2, -0.15) is 10.5 Å². The summed E-state index contributed by atoms with van der Waals surface area (Å²) in [7, 11) is 0. The van der Waals surface area contributed by atoms with Crippen LogP contribution in [0.15, 0.2) is 124 Å². The first-order chi connectivity index (χ1) is 27.0. The average molecular weight is 763 g/mol. The Bertz CT molecular complexity index is 2680. The van der Waals surface area contributed by atoms with Crippen LogP contribution in [0.3, 0.4) is 0 Å². The Morgan fingerprint density at radius 1 is 0.714 bits per heavy atom. The summed E-state index contributed by atoms with van der Waals surface area (Å²) in [6.07, 6.45) is -3.62. The van der Waals surface area contributed by atoms with Crippen molar-refractivity contribution in [2.45, 2.75) is 18.8 Å². The number of nitrogens with zero attached hydrogens (tertiary/aromatic N) is 2. The number of quaternary nitrogens is 2. The number of halogens is 2. The fraction of sp³-hybridized carbons (Fsp3) is 0.100. The highest BCUT2D eigenvalue weighted by atomic mass is 19.3. The smallest absolute Gasteiger partial charge is 0.586 e. The molecule has 9 rings (SSSR count). The molecule has 0 saturated heterocycles. The topological polar surface area (TPSA) is 183 Å². The number of benzene rings is 4. The second-order valence-corrected chi connectivity index (χ2v) is 13.1. The first kappa shape index (κ1) is 35.1. The van der Waals surface area contributed by atoms with Crippen molar-refractivity contribution in [3.63, 3.8) is 0 Å². The minimum atomic E-state index is -3.91. The zero-order valence-electron chi connectivity index (χ0n) is 28.8. The number of alkyl halides is 2. The van der Waals surface area contributed by atoms with Crippen LogP contribution in [0, 0.1) is 10.4 Å². The Balaban J connectivity index is 1.17. The van der Waals surface area contributed by atoms with E-state index in [1.54, 1.807) is 48.5 Å². The van der Waals surface area contributed by atoms with Crippen LogP contribution in [0.25, 0.3) is 33.6 Å². The monoisotopic (exact) mass is 762 g/mol. The Morgan fingerprint density at radius 2 is 1.32 bits per heavy atom. The van der Waals surface area contributed by atoms with Gasteiger partial charge in [-0.05, 0) is 60.0 Å². The Labute approximate surface area is 314 Å². The maximum Gasteiger partial charge on any atom is 0.586 e. The molecule has 0 aliphatic carbocycles. The molecule has 3 unspecified atom stereocenters. The van der Waals surface area contributed by atoms with Crippen LogP contribution in [0.2, 0.25) is 0 Å². The van der Waals surface area contributed by atoms with Crippen molar-refractivity contribution in [3.8, 4) is 34.1 Å². The normalized spacial score (nSPS) is 16.8. The van der Waals surface area contributed by atoms with E-state index in [4.69, 9.17) is 13.6 Å². The molecule has 0 fully saturated rings. The maximum absolute atomic E-state index is 14.7.